The van der Waals surface area contributed by atoms with Gasteiger partial charge in [0.1, 0.15) is 6.16 Å². The highest BCUT2D eigenvalue weighted by Gasteiger charge is 2.44. The van der Waals surface area contributed by atoms with E-state index in [1.54, 1.807) is 0 Å². The number of carbonyl (C=O) groups is 2. The Kier molecular flexibility index (Phi) is 6.85. The normalized spacial score (nSPS) is 17.3. The fraction of sp³-hybridized carbons (Fsp3) is 0.619. The molecule has 0 N–H and O–H groups in total. The summed E-state index contributed by atoms with van der Waals surface area (Å²) in [7, 11) is -3.38. The van der Waals surface area contributed by atoms with Gasteiger partial charge in [-0.25, -0.2) is 0 Å². The molecule has 144 valence electrons. The Labute approximate surface area is 157 Å². The third-order valence-electron chi connectivity index (χ3n) is 5.09. The highest BCUT2D eigenvalue weighted by Crippen LogP contribution is 2.59. The molecule has 4 nitrogen and oxygen atoms in total. The van der Waals surface area contributed by atoms with E-state index >= 15 is 0 Å². The molecular formula is C21H31O4P. The molecule has 1 aromatic rings. The van der Waals surface area contributed by atoms with Crippen LogP contribution >= 0.6 is 7.14 Å². The van der Waals surface area contributed by atoms with Gasteiger partial charge in [-0.2, -0.15) is 0 Å². The van der Waals surface area contributed by atoms with Crippen LogP contribution < -0.4 is 0 Å². The average Bonchev–Trinajstić information content (AvgIpc) is 3.06. The highest BCUT2D eigenvalue weighted by molar-refractivity contribution is 7.82. The maximum Gasteiger partial charge on any atom is 0.313 e. The number of ether oxygens (including phenoxy) is 1. The van der Waals surface area contributed by atoms with E-state index < -0.39 is 13.1 Å². The van der Waals surface area contributed by atoms with E-state index in [0.717, 1.165) is 42.4 Å². The molecule has 0 aromatic heterocycles. The minimum absolute atomic E-state index is 0.193. The van der Waals surface area contributed by atoms with Crippen molar-refractivity contribution in [2.45, 2.75) is 66.0 Å². The Hall–Kier alpha value is -1.41. The van der Waals surface area contributed by atoms with Gasteiger partial charge in [0, 0.05) is 11.2 Å². The summed E-state index contributed by atoms with van der Waals surface area (Å²) < 4.78 is 19.2. The number of benzene rings is 1. The topological polar surface area (TPSA) is 60.4 Å². The molecule has 0 spiro atoms. The van der Waals surface area contributed by atoms with Crippen LogP contribution in [0.15, 0.2) is 12.1 Å². The molecule has 0 aliphatic heterocycles. The number of rotatable bonds is 7. The summed E-state index contributed by atoms with van der Waals surface area (Å²) in [6.07, 6.45) is 3.18. The summed E-state index contributed by atoms with van der Waals surface area (Å²) in [5, 5.41) is 0. The maximum atomic E-state index is 13.9. The van der Waals surface area contributed by atoms with Gasteiger partial charge >= 0.3 is 5.97 Å². The lowest BCUT2D eigenvalue weighted by atomic mass is 10.0. The van der Waals surface area contributed by atoms with Gasteiger partial charge in [-0.15, -0.1) is 0 Å². The highest BCUT2D eigenvalue weighted by atomic mass is 31.2. The lowest BCUT2D eigenvalue weighted by Gasteiger charge is -2.24. The van der Waals surface area contributed by atoms with E-state index in [4.69, 9.17) is 4.74 Å². The molecule has 0 radical (unpaired) electrons. The largest absolute Gasteiger partial charge is 0.465 e. The average molecular weight is 378 g/mol. The van der Waals surface area contributed by atoms with Gasteiger partial charge in [-0.1, -0.05) is 44.4 Å². The van der Waals surface area contributed by atoms with E-state index in [2.05, 4.69) is 0 Å². The van der Waals surface area contributed by atoms with Crippen molar-refractivity contribution < 1.29 is 18.9 Å². The van der Waals surface area contributed by atoms with Crippen LogP contribution in [0.1, 0.15) is 66.6 Å². The molecule has 1 atom stereocenters. The van der Waals surface area contributed by atoms with Crippen molar-refractivity contribution in [1.29, 1.82) is 0 Å². The van der Waals surface area contributed by atoms with Crippen LogP contribution in [-0.2, 0) is 14.1 Å². The van der Waals surface area contributed by atoms with Crippen LogP contribution in [0.3, 0.4) is 0 Å². The minimum Gasteiger partial charge on any atom is -0.465 e. The van der Waals surface area contributed by atoms with Crippen molar-refractivity contribution in [2.75, 3.05) is 12.8 Å². The van der Waals surface area contributed by atoms with Gasteiger partial charge in [0.25, 0.3) is 0 Å². The molecule has 1 aliphatic carbocycles. The summed E-state index contributed by atoms with van der Waals surface area (Å²) in [5.74, 6) is -0.299. The first kappa shape index (κ1) is 20.9. The van der Waals surface area contributed by atoms with E-state index in [1.165, 1.54) is 0 Å². The summed E-state index contributed by atoms with van der Waals surface area (Å²) in [6, 6.07) is 3.88. The molecular weight excluding hydrogens is 347 g/mol. The van der Waals surface area contributed by atoms with Crippen LogP contribution in [-0.4, -0.2) is 29.9 Å². The standard InChI is InChI=1S/C21H31O4P/c1-14(2)12-25-19(22)13-26(24,18-8-6-7-9-18)21(23)20-16(4)10-15(3)11-17(20)5/h10-11,14,18H,6-9,12-13H2,1-5H3. The van der Waals surface area contributed by atoms with Crippen molar-refractivity contribution in [1.82, 2.24) is 0 Å². The van der Waals surface area contributed by atoms with Crippen LogP contribution in [0, 0.1) is 26.7 Å². The predicted molar refractivity (Wildman–Crippen MR) is 106 cm³/mol. The van der Waals surface area contributed by atoms with Crippen molar-refractivity contribution in [3.8, 4) is 0 Å². The lowest BCUT2D eigenvalue weighted by Crippen LogP contribution is -2.23. The van der Waals surface area contributed by atoms with Gasteiger partial charge in [-0.3, -0.25) is 9.59 Å². The summed E-state index contributed by atoms with van der Waals surface area (Å²) in [5.41, 5.74) is 2.75. The fourth-order valence-electron chi connectivity index (χ4n) is 3.89. The lowest BCUT2D eigenvalue weighted by molar-refractivity contribution is -0.141. The monoisotopic (exact) mass is 378 g/mol. The van der Waals surface area contributed by atoms with Gasteiger partial charge in [0.15, 0.2) is 7.14 Å². The van der Waals surface area contributed by atoms with Gasteiger partial charge in [0.05, 0.1) is 6.61 Å². The Balaban J connectivity index is 2.37. The van der Waals surface area contributed by atoms with E-state index in [9.17, 15) is 14.2 Å². The van der Waals surface area contributed by atoms with Crippen molar-refractivity contribution in [2.24, 2.45) is 5.92 Å². The fourth-order valence-corrected chi connectivity index (χ4v) is 7.03. The number of aryl methyl sites for hydroxylation is 3. The Morgan fingerprint density at radius 2 is 1.65 bits per heavy atom. The first-order valence-corrected chi connectivity index (χ1v) is 11.5. The Morgan fingerprint density at radius 1 is 1.12 bits per heavy atom. The van der Waals surface area contributed by atoms with Gasteiger partial charge in [-0.05, 0) is 50.7 Å². The van der Waals surface area contributed by atoms with Gasteiger partial charge in [0.2, 0.25) is 5.52 Å². The Morgan fingerprint density at radius 3 is 2.15 bits per heavy atom. The number of hydrogen-bond donors (Lipinski definition) is 0. The molecule has 2 rings (SSSR count). The maximum absolute atomic E-state index is 13.9. The first-order valence-electron chi connectivity index (χ1n) is 9.52. The second-order valence-corrected chi connectivity index (χ2v) is 11.1. The van der Waals surface area contributed by atoms with Crippen molar-refractivity contribution in [3.63, 3.8) is 0 Å². The van der Waals surface area contributed by atoms with Crippen LogP contribution in [0.2, 0.25) is 0 Å². The number of hydrogen-bond acceptors (Lipinski definition) is 4. The molecule has 5 heteroatoms. The molecule has 1 unspecified atom stereocenters. The second kappa shape index (κ2) is 8.52. The smallest absolute Gasteiger partial charge is 0.313 e. The van der Waals surface area contributed by atoms with Gasteiger partial charge < -0.3 is 9.30 Å². The summed E-state index contributed by atoms with van der Waals surface area (Å²) in [6.45, 7) is 9.93. The zero-order chi connectivity index (χ0) is 19.5. The molecule has 0 saturated heterocycles. The molecule has 1 aliphatic rings. The quantitative estimate of drug-likeness (QED) is 0.480. The third-order valence-corrected chi connectivity index (χ3v) is 8.43. The molecule has 1 fully saturated rings. The van der Waals surface area contributed by atoms with Crippen LogP contribution in [0.5, 0.6) is 0 Å². The number of carbonyl (C=O) groups excluding carboxylic acids is 2. The molecule has 26 heavy (non-hydrogen) atoms. The Bertz CT molecular complexity index is 707. The van der Waals surface area contributed by atoms with E-state index in [-0.39, 0.29) is 23.3 Å². The van der Waals surface area contributed by atoms with Crippen LogP contribution in [0.25, 0.3) is 0 Å². The SMILES string of the molecule is Cc1cc(C)c(C(=O)P(=O)(CC(=O)OCC(C)C)C2CCCC2)c(C)c1. The molecule has 1 saturated carbocycles. The molecule has 0 heterocycles. The second-order valence-electron chi connectivity index (χ2n) is 8.05. The van der Waals surface area contributed by atoms with E-state index in [1.807, 2.05) is 46.8 Å². The zero-order valence-electron chi connectivity index (χ0n) is 16.6. The summed E-state index contributed by atoms with van der Waals surface area (Å²) in [4.78, 5) is 25.7. The molecule has 1 aromatic carbocycles. The first-order chi connectivity index (χ1) is 12.1. The number of esters is 1. The predicted octanol–water partition coefficient (Wildman–Crippen LogP) is 5.26. The third kappa shape index (κ3) is 4.65. The van der Waals surface area contributed by atoms with E-state index in [0.29, 0.717) is 12.2 Å². The van der Waals surface area contributed by atoms with Crippen LogP contribution in [0.4, 0.5) is 0 Å². The van der Waals surface area contributed by atoms with Crippen molar-refractivity contribution in [3.05, 3.63) is 34.4 Å². The van der Waals surface area contributed by atoms with Crippen molar-refractivity contribution >= 4 is 18.6 Å². The zero-order valence-corrected chi connectivity index (χ0v) is 17.5. The summed E-state index contributed by atoms with van der Waals surface area (Å²) >= 11 is 0. The minimum atomic E-state index is -3.38. The molecule has 0 bridgehead atoms. The molecule has 0 amide bonds.